The minimum Gasteiger partial charge on any atom is -0.478 e. The number of nitrogens with two attached hydrogens (primary N) is 1. The number of carbonyl (C=O) groups is 2. The van der Waals surface area contributed by atoms with Crippen LogP contribution in [0.1, 0.15) is 31.8 Å². The van der Waals surface area contributed by atoms with Gasteiger partial charge in [0.05, 0.1) is 11.1 Å². The Morgan fingerprint density at radius 1 is 0.784 bits per heavy atom. The number of carboxylic acid groups (broad SMARTS) is 1. The summed E-state index contributed by atoms with van der Waals surface area (Å²) in [6, 6.07) is 13.2. The third-order valence-corrected chi connectivity index (χ3v) is 5.24. The number of nitrogens with zero attached hydrogens (tertiary/aromatic N) is 4. The van der Waals surface area contributed by atoms with Crippen molar-refractivity contribution >= 4 is 58.3 Å². The van der Waals surface area contributed by atoms with Gasteiger partial charge in [0.1, 0.15) is 20.6 Å². The summed E-state index contributed by atoms with van der Waals surface area (Å²) in [5.41, 5.74) is 7.54. The summed E-state index contributed by atoms with van der Waals surface area (Å²) in [6.45, 7) is 0.958. The van der Waals surface area contributed by atoms with Crippen LogP contribution in [0.25, 0.3) is 0 Å². The molecule has 13 heteroatoms. The fourth-order valence-electron chi connectivity index (χ4n) is 2.45. The highest BCUT2D eigenvalue weighted by molar-refractivity contribution is 6.35. The smallest absolute Gasteiger partial charge is 0.338 e. The van der Waals surface area contributed by atoms with Crippen molar-refractivity contribution in [1.29, 1.82) is 0 Å². The Morgan fingerprint density at radius 3 is 1.70 bits per heavy atom. The molecule has 0 saturated heterocycles. The lowest BCUT2D eigenvalue weighted by atomic mass is 10.2. The van der Waals surface area contributed by atoms with Gasteiger partial charge in [0.15, 0.2) is 0 Å². The summed E-state index contributed by atoms with van der Waals surface area (Å²) in [5.74, 6) is -1.41. The zero-order chi connectivity index (χ0) is 27.2. The third-order valence-electron chi connectivity index (χ3n) is 4.24. The van der Waals surface area contributed by atoms with Gasteiger partial charge in [-0.25, -0.2) is 14.8 Å². The second-order valence-corrected chi connectivity index (χ2v) is 8.35. The standard InChI is InChI=1S/C12H9Cl2N3O.C6H3Cl2NO2.C6H8N2/c13-10-4-3-9(11(14)17-10)12(18)16-7-8-2-1-5-15-6-8;7-4-2-1-3(6(10)11)5(8)9-4;7-4-6-2-1-3-8-5-6/h1-6H,7H2,(H,16,18);1-2H,(H,10,11);1-3,5H,4,7H2. The van der Waals surface area contributed by atoms with Crippen LogP contribution in [-0.4, -0.2) is 36.9 Å². The molecule has 0 unspecified atom stereocenters. The number of carboxylic acids is 1. The molecule has 0 fully saturated rings. The van der Waals surface area contributed by atoms with Crippen molar-refractivity contribution in [2.24, 2.45) is 5.73 Å². The molecule has 9 nitrogen and oxygen atoms in total. The molecule has 0 aliphatic rings. The Balaban J connectivity index is 0.000000215. The van der Waals surface area contributed by atoms with Gasteiger partial charge in [0.2, 0.25) is 0 Å². The first kappa shape index (κ1) is 29.9. The van der Waals surface area contributed by atoms with E-state index in [0.29, 0.717) is 18.7 Å². The molecule has 0 aliphatic carbocycles. The molecule has 37 heavy (non-hydrogen) atoms. The molecule has 4 N–H and O–H groups in total. The van der Waals surface area contributed by atoms with E-state index in [1.54, 1.807) is 30.9 Å². The third kappa shape index (κ3) is 10.7. The average Bonchev–Trinajstić information content (AvgIpc) is 2.89. The van der Waals surface area contributed by atoms with Gasteiger partial charge in [-0.15, -0.1) is 0 Å². The summed E-state index contributed by atoms with van der Waals surface area (Å²) >= 11 is 22.4. The zero-order valence-electron chi connectivity index (χ0n) is 19.0. The summed E-state index contributed by atoms with van der Waals surface area (Å²) < 4.78 is 0. The van der Waals surface area contributed by atoms with Gasteiger partial charge in [-0.3, -0.25) is 14.8 Å². The van der Waals surface area contributed by atoms with E-state index >= 15 is 0 Å². The molecule has 0 spiro atoms. The van der Waals surface area contributed by atoms with Gasteiger partial charge in [-0.2, -0.15) is 0 Å². The molecule has 0 bridgehead atoms. The van der Waals surface area contributed by atoms with Gasteiger partial charge in [-0.1, -0.05) is 58.5 Å². The van der Waals surface area contributed by atoms with E-state index in [2.05, 4.69) is 25.3 Å². The number of aromatic carboxylic acids is 1. The van der Waals surface area contributed by atoms with Crippen molar-refractivity contribution in [3.05, 3.63) is 116 Å². The van der Waals surface area contributed by atoms with Crippen LogP contribution in [0.3, 0.4) is 0 Å². The lowest BCUT2D eigenvalue weighted by Crippen LogP contribution is -2.23. The molecule has 4 heterocycles. The molecular formula is C24H20Cl4N6O3. The Hall–Kier alpha value is -3.34. The van der Waals surface area contributed by atoms with Crippen LogP contribution in [0.5, 0.6) is 0 Å². The number of amides is 1. The largest absolute Gasteiger partial charge is 0.478 e. The predicted octanol–water partition coefficient (Wildman–Crippen LogP) is 5.34. The number of nitrogens with one attached hydrogen (secondary N) is 1. The highest BCUT2D eigenvalue weighted by Gasteiger charge is 2.11. The van der Waals surface area contributed by atoms with E-state index in [-0.39, 0.29) is 32.1 Å². The first-order valence-corrected chi connectivity index (χ1v) is 11.9. The van der Waals surface area contributed by atoms with E-state index < -0.39 is 5.97 Å². The first-order valence-electron chi connectivity index (χ1n) is 10.3. The van der Waals surface area contributed by atoms with Crippen molar-refractivity contribution < 1.29 is 14.7 Å². The van der Waals surface area contributed by atoms with Gasteiger partial charge in [0, 0.05) is 37.9 Å². The molecule has 4 aromatic heterocycles. The van der Waals surface area contributed by atoms with Crippen LogP contribution >= 0.6 is 46.4 Å². The lowest BCUT2D eigenvalue weighted by Gasteiger charge is -2.06. The summed E-state index contributed by atoms with van der Waals surface area (Å²) in [6.07, 6.45) is 6.85. The number of rotatable bonds is 5. The first-order chi connectivity index (χ1) is 17.7. The molecular weight excluding hydrogens is 562 g/mol. The molecule has 1 amide bonds. The van der Waals surface area contributed by atoms with E-state index in [1.165, 1.54) is 24.3 Å². The van der Waals surface area contributed by atoms with Gasteiger partial charge < -0.3 is 16.2 Å². The number of carbonyl (C=O) groups excluding carboxylic acids is 1. The Labute approximate surface area is 232 Å². The maximum absolute atomic E-state index is 11.9. The van der Waals surface area contributed by atoms with Crippen molar-refractivity contribution in [2.45, 2.75) is 13.1 Å². The van der Waals surface area contributed by atoms with Crippen molar-refractivity contribution in [3.8, 4) is 0 Å². The van der Waals surface area contributed by atoms with Crippen LogP contribution in [0.4, 0.5) is 0 Å². The predicted molar refractivity (Wildman–Crippen MR) is 143 cm³/mol. The molecule has 0 atom stereocenters. The molecule has 0 aromatic carbocycles. The normalized spacial score (nSPS) is 9.76. The van der Waals surface area contributed by atoms with Gasteiger partial charge >= 0.3 is 5.97 Å². The second-order valence-electron chi connectivity index (χ2n) is 6.86. The minimum atomic E-state index is -1.11. The highest BCUT2D eigenvalue weighted by Crippen LogP contribution is 2.17. The molecule has 4 aromatic rings. The summed E-state index contributed by atoms with van der Waals surface area (Å²) in [5, 5.41) is 11.6. The van der Waals surface area contributed by atoms with Crippen molar-refractivity contribution in [2.75, 3.05) is 0 Å². The number of hydrogen-bond acceptors (Lipinski definition) is 7. The molecule has 192 valence electrons. The van der Waals surface area contributed by atoms with Gasteiger partial charge in [0.25, 0.3) is 5.91 Å². The maximum atomic E-state index is 11.9. The van der Waals surface area contributed by atoms with E-state index in [1.807, 2.05) is 18.2 Å². The van der Waals surface area contributed by atoms with Crippen LogP contribution < -0.4 is 11.1 Å². The Bertz CT molecular complexity index is 1310. The van der Waals surface area contributed by atoms with Gasteiger partial charge in [-0.05, 0) is 47.5 Å². The van der Waals surface area contributed by atoms with E-state index in [9.17, 15) is 9.59 Å². The minimum absolute atomic E-state index is 0.0453. The van der Waals surface area contributed by atoms with Crippen LogP contribution in [0.15, 0.2) is 73.3 Å². The molecule has 0 radical (unpaired) electrons. The van der Waals surface area contributed by atoms with Crippen molar-refractivity contribution in [3.63, 3.8) is 0 Å². The maximum Gasteiger partial charge on any atom is 0.338 e. The molecule has 0 aliphatic heterocycles. The monoisotopic (exact) mass is 580 g/mol. The number of aromatic nitrogens is 4. The topological polar surface area (TPSA) is 144 Å². The van der Waals surface area contributed by atoms with Crippen LogP contribution in [-0.2, 0) is 13.1 Å². The Kier molecular flexibility index (Phi) is 12.7. The van der Waals surface area contributed by atoms with Crippen molar-refractivity contribution in [1.82, 2.24) is 25.3 Å². The summed E-state index contributed by atoms with van der Waals surface area (Å²) in [7, 11) is 0. The van der Waals surface area contributed by atoms with E-state index in [0.717, 1.165) is 11.1 Å². The second kappa shape index (κ2) is 15.7. The van der Waals surface area contributed by atoms with Crippen LogP contribution in [0.2, 0.25) is 20.6 Å². The SMILES string of the molecule is NCc1cccnc1.O=C(NCc1cccnc1)c1ccc(Cl)nc1Cl.O=C(O)c1ccc(Cl)nc1Cl. The quantitative estimate of drug-likeness (QED) is 0.268. The molecule has 0 saturated carbocycles. The average molecular weight is 582 g/mol. The number of halogens is 4. The molecule has 4 rings (SSSR count). The summed E-state index contributed by atoms with van der Waals surface area (Å²) in [4.78, 5) is 37.4. The zero-order valence-corrected chi connectivity index (χ0v) is 22.0. The van der Waals surface area contributed by atoms with E-state index in [4.69, 9.17) is 57.2 Å². The fourth-order valence-corrected chi connectivity index (χ4v) is 3.31. The fraction of sp³-hybridized carbons (Fsp3) is 0.0833. The Morgan fingerprint density at radius 2 is 1.30 bits per heavy atom. The number of pyridine rings is 4. The highest BCUT2D eigenvalue weighted by atomic mass is 35.5. The van der Waals surface area contributed by atoms with Crippen LogP contribution in [0, 0.1) is 0 Å². The lowest BCUT2D eigenvalue weighted by molar-refractivity contribution is 0.0696. The number of hydrogen-bond donors (Lipinski definition) is 3.